The van der Waals surface area contributed by atoms with Gasteiger partial charge in [-0.15, -0.1) is 0 Å². The Labute approximate surface area is 108 Å². The zero-order chi connectivity index (χ0) is 13.0. The highest BCUT2D eigenvalue weighted by atomic mass is 15.2. The molecule has 0 bridgehead atoms. The first-order chi connectivity index (χ1) is 8.63. The third-order valence-corrected chi connectivity index (χ3v) is 2.67. The highest BCUT2D eigenvalue weighted by molar-refractivity contribution is 5.06. The van der Waals surface area contributed by atoms with Gasteiger partial charge in [-0.1, -0.05) is 13.8 Å². The van der Waals surface area contributed by atoms with E-state index in [1.807, 2.05) is 30.5 Å². The van der Waals surface area contributed by atoms with Crippen LogP contribution < -0.4 is 5.32 Å². The van der Waals surface area contributed by atoms with Crippen LogP contribution in [0.5, 0.6) is 0 Å². The first-order valence-electron chi connectivity index (χ1n) is 6.32. The monoisotopic (exact) mass is 247 g/mol. The predicted molar refractivity (Wildman–Crippen MR) is 71.1 cm³/mol. The minimum Gasteiger partial charge on any atom is -0.333 e. The fourth-order valence-electron chi connectivity index (χ4n) is 1.84. The summed E-state index contributed by atoms with van der Waals surface area (Å²) in [6, 6.07) is 0. The number of hydrogen-bond acceptors (Lipinski definition) is 3. The van der Waals surface area contributed by atoms with Crippen LogP contribution in [0.25, 0.3) is 0 Å². The Morgan fingerprint density at radius 3 is 2.83 bits per heavy atom. The molecule has 18 heavy (non-hydrogen) atoms. The molecular formula is C13H21N5. The van der Waals surface area contributed by atoms with Gasteiger partial charge in [-0.05, 0) is 12.5 Å². The van der Waals surface area contributed by atoms with E-state index in [-0.39, 0.29) is 0 Å². The summed E-state index contributed by atoms with van der Waals surface area (Å²) in [6.45, 7) is 7.08. The second kappa shape index (κ2) is 5.82. The van der Waals surface area contributed by atoms with Crippen LogP contribution in [0.3, 0.4) is 0 Å². The molecule has 0 aliphatic heterocycles. The lowest BCUT2D eigenvalue weighted by Crippen LogP contribution is -2.19. The first-order valence-corrected chi connectivity index (χ1v) is 6.32. The van der Waals surface area contributed by atoms with E-state index in [9.17, 15) is 0 Å². The van der Waals surface area contributed by atoms with E-state index in [4.69, 9.17) is 0 Å². The minimum absolute atomic E-state index is 0.669. The van der Waals surface area contributed by atoms with Crippen molar-refractivity contribution < 1.29 is 0 Å². The molecule has 0 saturated heterocycles. The van der Waals surface area contributed by atoms with Crippen LogP contribution in [0.4, 0.5) is 0 Å². The molecule has 2 aromatic rings. The number of aromatic nitrogens is 4. The van der Waals surface area contributed by atoms with Crippen molar-refractivity contribution in [3.63, 3.8) is 0 Å². The van der Waals surface area contributed by atoms with Crippen LogP contribution >= 0.6 is 0 Å². The molecule has 5 heteroatoms. The van der Waals surface area contributed by atoms with E-state index in [0.29, 0.717) is 5.92 Å². The molecule has 98 valence electrons. The third-order valence-electron chi connectivity index (χ3n) is 2.67. The van der Waals surface area contributed by atoms with Crippen LogP contribution in [0.2, 0.25) is 0 Å². The number of nitrogens with one attached hydrogen (secondary N) is 1. The minimum atomic E-state index is 0.669. The summed E-state index contributed by atoms with van der Waals surface area (Å²) in [5.41, 5.74) is 2.27. The van der Waals surface area contributed by atoms with Gasteiger partial charge in [0.2, 0.25) is 0 Å². The number of hydrogen-bond donors (Lipinski definition) is 1. The zero-order valence-corrected chi connectivity index (χ0v) is 11.3. The van der Waals surface area contributed by atoms with Gasteiger partial charge < -0.3 is 9.88 Å². The second-order valence-corrected chi connectivity index (χ2v) is 5.08. The van der Waals surface area contributed by atoms with E-state index >= 15 is 0 Å². The summed E-state index contributed by atoms with van der Waals surface area (Å²) in [4.78, 5) is 4.39. The van der Waals surface area contributed by atoms with Crippen LogP contribution in [0.1, 0.15) is 25.1 Å². The van der Waals surface area contributed by atoms with E-state index in [1.54, 1.807) is 0 Å². The summed E-state index contributed by atoms with van der Waals surface area (Å²) in [5, 5.41) is 7.55. The second-order valence-electron chi connectivity index (χ2n) is 5.08. The van der Waals surface area contributed by atoms with Gasteiger partial charge in [0.1, 0.15) is 0 Å². The standard InChI is InChI=1S/C13H21N5/c1-11(2)4-14-6-13-9-18(10-15-13)8-12-5-16-17(3)7-12/h5,7,9-11,14H,4,6,8H2,1-3H3. The van der Waals surface area contributed by atoms with Gasteiger partial charge in [-0.3, -0.25) is 4.68 Å². The average Bonchev–Trinajstić information content (AvgIpc) is 2.89. The molecule has 2 heterocycles. The topological polar surface area (TPSA) is 47.7 Å². The lowest BCUT2D eigenvalue weighted by Gasteiger charge is -2.04. The van der Waals surface area contributed by atoms with Gasteiger partial charge >= 0.3 is 0 Å². The number of nitrogens with zero attached hydrogens (tertiary/aromatic N) is 4. The SMILES string of the molecule is CC(C)CNCc1cn(Cc2cnn(C)c2)cn1. The van der Waals surface area contributed by atoms with Crippen molar-refractivity contribution in [2.24, 2.45) is 13.0 Å². The maximum Gasteiger partial charge on any atom is 0.0953 e. The fourth-order valence-corrected chi connectivity index (χ4v) is 1.84. The molecule has 0 aromatic carbocycles. The normalized spacial score (nSPS) is 11.3. The summed E-state index contributed by atoms with van der Waals surface area (Å²) < 4.78 is 3.90. The molecule has 1 N–H and O–H groups in total. The molecule has 5 nitrogen and oxygen atoms in total. The molecule has 0 radical (unpaired) electrons. The van der Waals surface area contributed by atoms with Gasteiger partial charge in [0.15, 0.2) is 0 Å². The molecule has 0 spiro atoms. The lowest BCUT2D eigenvalue weighted by molar-refractivity contribution is 0.548. The molecule has 0 amide bonds. The number of aryl methyl sites for hydroxylation is 1. The van der Waals surface area contributed by atoms with Gasteiger partial charge in [-0.2, -0.15) is 5.10 Å². The molecule has 0 atom stereocenters. The third kappa shape index (κ3) is 3.70. The smallest absolute Gasteiger partial charge is 0.0953 e. The molecule has 0 aliphatic carbocycles. The van der Waals surface area contributed by atoms with Crippen LogP contribution in [0, 0.1) is 5.92 Å². The highest BCUT2D eigenvalue weighted by Gasteiger charge is 2.01. The number of imidazole rings is 1. The molecule has 0 saturated carbocycles. The van der Waals surface area contributed by atoms with Crippen molar-refractivity contribution in [1.82, 2.24) is 24.6 Å². The summed E-state index contributed by atoms with van der Waals surface area (Å²) in [5.74, 6) is 0.669. The Balaban J connectivity index is 1.86. The van der Waals surface area contributed by atoms with Crippen molar-refractivity contribution >= 4 is 0 Å². The van der Waals surface area contributed by atoms with Crippen molar-refractivity contribution in [3.05, 3.63) is 36.2 Å². The fraction of sp³-hybridized carbons (Fsp3) is 0.538. The molecule has 0 fully saturated rings. The first kappa shape index (κ1) is 12.8. The van der Waals surface area contributed by atoms with Crippen molar-refractivity contribution in [2.75, 3.05) is 6.54 Å². The molecular weight excluding hydrogens is 226 g/mol. The Bertz CT molecular complexity index is 483. The summed E-state index contributed by atoms with van der Waals surface area (Å²) >= 11 is 0. The predicted octanol–water partition coefficient (Wildman–Crippen LogP) is 1.41. The largest absolute Gasteiger partial charge is 0.333 e. The quantitative estimate of drug-likeness (QED) is 0.839. The summed E-state index contributed by atoms with van der Waals surface area (Å²) in [7, 11) is 1.93. The van der Waals surface area contributed by atoms with Gasteiger partial charge in [0.25, 0.3) is 0 Å². The molecule has 2 rings (SSSR count). The van der Waals surface area contributed by atoms with Crippen LogP contribution in [0.15, 0.2) is 24.9 Å². The summed E-state index contributed by atoms with van der Waals surface area (Å²) in [6.07, 6.45) is 7.87. The Morgan fingerprint density at radius 2 is 2.17 bits per heavy atom. The van der Waals surface area contributed by atoms with Crippen LogP contribution in [-0.4, -0.2) is 25.9 Å². The zero-order valence-electron chi connectivity index (χ0n) is 11.3. The van der Waals surface area contributed by atoms with E-state index in [1.165, 1.54) is 5.56 Å². The molecule has 2 aromatic heterocycles. The van der Waals surface area contributed by atoms with Gasteiger partial charge in [0, 0.05) is 31.5 Å². The van der Waals surface area contributed by atoms with Crippen molar-refractivity contribution in [3.8, 4) is 0 Å². The number of rotatable bonds is 6. The van der Waals surface area contributed by atoms with E-state index in [2.05, 4.69) is 40.0 Å². The lowest BCUT2D eigenvalue weighted by atomic mass is 10.2. The molecule has 0 unspecified atom stereocenters. The van der Waals surface area contributed by atoms with Crippen molar-refractivity contribution in [1.29, 1.82) is 0 Å². The van der Waals surface area contributed by atoms with E-state index in [0.717, 1.165) is 25.3 Å². The Kier molecular flexibility index (Phi) is 4.15. The average molecular weight is 247 g/mol. The Morgan fingerprint density at radius 1 is 1.33 bits per heavy atom. The molecule has 0 aliphatic rings. The van der Waals surface area contributed by atoms with E-state index < -0.39 is 0 Å². The Hall–Kier alpha value is -1.62. The van der Waals surface area contributed by atoms with Gasteiger partial charge in [-0.25, -0.2) is 4.98 Å². The van der Waals surface area contributed by atoms with Gasteiger partial charge in [0.05, 0.1) is 24.8 Å². The maximum absolute atomic E-state index is 4.39. The van der Waals surface area contributed by atoms with Crippen molar-refractivity contribution in [2.45, 2.75) is 26.9 Å². The maximum atomic E-state index is 4.39. The highest BCUT2D eigenvalue weighted by Crippen LogP contribution is 2.03. The van der Waals surface area contributed by atoms with Crippen LogP contribution in [-0.2, 0) is 20.1 Å².